The van der Waals surface area contributed by atoms with Gasteiger partial charge in [-0.3, -0.25) is 0 Å². The van der Waals surface area contributed by atoms with Crippen LogP contribution in [0.1, 0.15) is 22.3 Å². The van der Waals surface area contributed by atoms with Crippen molar-refractivity contribution in [1.29, 1.82) is 0 Å². The number of hydrogen-bond acceptors (Lipinski definition) is 0. The van der Waals surface area contributed by atoms with Crippen molar-refractivity contribution in [2.45, 2.75) is 24.7 Å². The summed E-state index contributed by atoms with van der Waals surface area (Å²) in [5.41, 5.74) is -3.19. The summed E-state index contributed by atoms with van der Waals surface area (Å²) in [6, 6.07) is 34.4. The number of hydrogen-bond donors (Lipinski definition) is 0. The molecule has 0 saturated heterocycles. The number of fused-ring (bicyclic) bond motifs is 3. The fourth-order valence-electron chi connectivity index (χ4n) is 7.11. The van der Waals surface area contributed by atoms with E-state index in [-0.39, 0.29) is 34.4 Å². The predicted molar refractivity (Wildman–Crippen MR) is 201 cm³/mol. The molecule has 8 rings (SSSR count). The van der Waals surface area contributed by atoms with Gasteiger partial charge in [0.2, 0.25) is 0 Å². The Morgan fingerprint density at radius 3 is 0.776 bits per heavy atom. The smallest absolute Gasteiger partial charge is 0.166 e. The summed E-state index contributed by atoms with van der Waals surface area (Å²) in [5.74, 6) is 0. The third-order valence-electron chi connectivity index (χ3n) is 9.98. The van der Waals surface area contributed by atoms with Gasteiger partial charge in [-0.05, 0) is 162 Å². The van der Waals surface area contributed by atoms with Crippen molar-refractivity contribution < 1.29 is 52.7 Å². The Morgan fingerprint density at radius 1 is 0.207 bits per heavy atom. The van der Waals surface area contributed by atoms with Gasteiger partial charge in [-0.1, -0.05) is 60.7 Å². The Labute approximate surface area is 321 Å². The zero-order valence-corrected chi connectivity index (χ0v) is 29.4. The number of alkyl halides is 12. The highest BCUT2D eigenvalue weighted by molar-refractivity contribution is 6.06. The number of rotatable bonds is 4. The maximum Gasteiger partial charge on any atom is 0.416 e. The normalized spacial score (nSPS) is 12.8. The van der Waals surface area contributed by atoms with Crippen LogP contribution in [0.25, 0.3) is 76.8 Å². The van der Waals surface area contributed by atoms with Crippen molar-refractivity contribution >= 4 is 32.3 Å². The van der Waals surface area contributed by atoms with E-state index in [0.717, 1.165) is 32.3 Å². The molecule has 8 aromatic rings. The third-order valence-corrected chi connectivity index (χ3v) is 9.98. The van der Waals surface area contributed by atoms with Crippen LogP contribution in [0.5, 0.6) is 0 Å². The summed E-state index contributed by atoms with van der Waals surface area (Å²) in [6.07, 6.45) is -19.9. The molecule has 12 heteroatoms. The van der Waals surface area contributed by atoms with Gasteiger partial charge in [-0.2, -0.15) is 52.7 Å². The maximum atomic E-state index is 13.6. The topological polar surface area (TPSA) is 0 Å². The monoisotopic (exact) mass is 804 g/mol. The zero-order chi connectivity index (χ0) is 41.4. The van der Waals surface area contributed by atoms with E-state index in [9.17, 15) is 52.7 Å². The van der Waals surface area contributed by atoms with Crippen molar-refractivity contribution in [2.24, 2.45) is 0 Å². The van der Waals surface area contributed by atoms with Crippen LogP contribution in [0.2, 0.25) is 0 Å². The van der Waals surface area contributed by atoms with Gasteiger partial charge in [0.25, 0.3) is 0 Å². The van der Waals surface area contributed by atoms with Gasteiger partial charge < -0.3 is 0 Å². The molecule has 0 aliphatic rings. The molecule has 0 aliphatic carbocycles. The number of halogens is 12. The van der Waals surface area contributed by atoms with E-state index >= 15 is 0 Å². The SMILES string of the molecule is FC(F)(F)c1cc(-c2cccc(-c3ccc4cc5cc6cc(-c7cccc(-c8cc(C(F)(F)F)cc(C(F)(F)F)c8)c7)ccc6cc5cc4c3)c2)cc(C(F)(F)F)c1. The molecule has 0 amide bonds. The molecule has 0 N–H and O–H groups in total. The Balaban J connectivity index is 1.13. The van der Waals surface area contributed by atoms with Crippen LogP contribution in [0.4, 0.5) is 52.7 Å². The highest BCUT2D eigenvalue weighted by atomic mass is 19.4. The summed E-state index contributed by atoms with van der Waals surface area (Å²) in [4.78, 5) is 0. The summed E-state index contributed by atoms with van der Waals surface area (Å²) in [6.45, 7) is 0. The van der Waals surface area contributed by atoms with Gasteiger partial charge >= 0.3 is 24.7 Å². The molecule has 8 aromatic carbocycles. The summed E-state index contributed by atoms with van der Waals surface area (Å²) >= 11 is 0. The van der Waals surface area contributed by atoms with Crippen LogP contribution in [0.15, 0.2) is 146 Å². The van der Waals surface area contributed by atoms with Gasteiger partial charge in [-0.25, -0.2) is 0 Å². The molecule has 58 heavy (non-hydrogen) atoms. The van der Waals surface area contributed by atoms with E-state index in [1.807, 2.05) is 48.5 Å². The van der Waals surface area contributed by atoms with Crippen LogP contribution in [0.3, 0.4) is 0 Å². The lowest BCUT2D eigenvalue weighted by Crippen LogP contribution is -2.11. The summed E-state index contributed by atoms with van der Waals surface area (Å²) < 4.78 is 163. The minimum absolute atomic E-state index is 0.0931. The first-order valence-corrected chi connectivity index (χ1v) is 17.4. The molecule has 0 spiro atoms. The molecular weight excluding hydrogens is 780 g/mol. The molecule has 0 radical (unpaired) electrons. The van der Waals surface area contributed by atoms with Crippen molar-refractivity contribution in [3.8, 4) is 44.5 Å². The molecule has 0 unspecified atom stereocenters. The quantitative estimate of drug-likeness (QED) is 0.123. The van der Waals surface area contributed by atoms with E-state index in [0.29, 0.717) is 46.5 Å². The average Bonchev–Trinajstić information content (AvgIpc) is 3.17. The first kappa shape index (κ1) is 38.6. The molecule has 0 bridgehead atoms. The molecule has 0 atom stereocenters. The molecule has 0 saturated carbocycles. The zero-order valence-electron chi connectivity index (χ0n) is 29.4. The third kappa shape index (κ3) is 7.70. The summed E-state index contributed by atoms with van der Waals surface area (Å²) in [7, 11) is 0. The molecule has 0 fully saturated rings. The van der Waals surface area contributed by atoms with Gasteiger partial charge in [0.1, 0.15) is 0 Å². The van der Waals surface area contributed by atoms with Gasteiger partial charge in [0.05, 0.1) is 22.3 Å². The molecule has 292 valence electrons. The lowest BCUT2D eigenvalue weighted by molar-refractivity contribution is -0.144. The van der Waals surface area contributed by atoms with E-state index in [2.05, 4.69) is 0 Å². The van der Waals surface area contributed by atoms with Crippen molar-refractivity contribution in [1.82, 2.24) is 0 Å². The van der Waals surface area contributed by atoms with E-state index in [4.69, 9.17) is 0 Å². The van der Waals surface area contributed by atoms with Crippen molar-refractivity contribution in [3.05, 3.63) is 168 Å². The lowest BCUT2D eigenvalue weighted by atomic mass is 9.93. The van der Waals surface area contributed by atoms with Crippen LogP contribution in [0, 0.1) is 0 Å². The fraction of sp³-hybridized carbons (Fsp3) is 0.0870. The Kier molecular flexibility index (Phi) is 9.09. The molecule has 0 aromatic heterocycles. The largest absolute Gasteiger partial charge is 0.416 e. The average molecular weight is 805 g/mol. The van der Waals surface area contributed by atoms with Crippen molar-refractivity contribution in [3.63, 3.8) is 0 Å². The van der Waals surface area contributed by atoms with Gasteiger partial charge in [-0.15, -0.1) is 0 Å². The maximum absolute atomic E-state index is 13.6. The van der Waals surface area contributed by atoms with Crippen LogP contribution in [-0.2, 0) is 24.7 Å². The van der Waals surface area contributed by atoms with E-state index < -0.39 is 47.0 Å². The van der Waals surface area contributed by atoms with E-state index in [1.54, 1.807) is 36.4 Å². The Hall–Kier alpha value is -6.30. The molecular formula is C46H24F12. The first-order chi connectivity index (χ1) is 27.2. The van der Waals surface area contributed by atoms with E-state index in [1.165, 1.54) is 24.3 Å². The predicted octanol–water partition coefficient (Wildman–Crippen LogP) is 15.9. The highest BCUT2D eigenvalue weighted by Gasteiger charge is 2.38. The fourth-order valence-corrected chi connectivity index (χ4v) is 7.11. The molecule has 0 nitrogen and oxygen atoms in total. The standard InChI is InChI=1S/C46H24F12/c47-43(48,49)39-19-37(20-40(23-39)44(50,51)52)27-5-1-3-25(11-27)29-7-9-31-15-36-18-34-14-30(8-10-32(34)16-35(36)17-33(31)13-29)26-4-2-6-28(12-26)38-21-41(45(53,54)55)24-42(22-38)46(56,57)58/h1-24H. The second-order valence-corrected chi connectivity index (χ2v) is 13.9. The Bertz CT molecular complexity index is 2630. The van der Waals surface area contributed by atoms with Crippen molar-refractivity contribution in [2.75, 3.05) is 0 Å². The van der Waals surface area contributed by atoms with Gasteiger partial charge in [0.15, 0.2) is 0 Å². The van der Waals surface area contributed by atoms with Gasteiger partial charge in [0, 0.05) is 0 Å². The van der Waals surface area contributed by atoms with Crippen LogP contribution < -0.4 is 0 Å². The minimum Gasteiger partial charge on any atom is -0.166 e. The van der Waals surface area contributed by atoms with Crippen LogP contribution >= 0.6 is 0 Å². The van der Waals surface area contributed by atoms with Crippen LogP contribution in [-0.4, -0.2) is 0 Å². The second-order valence-electron chi connectivity index (χ2n) is 13.9. The number of benzene rings is 8. The molecule has 0 heterocycles. The Morgan fingerprint density at radius 2 is 0.466 bits per heavy atom. The summed E-state index contributed by atoms with van der Waals surface area (Å²) in [5, 5.41) is 5.09. The second kappa shape index (κ2) is 13.7. The highest BCUT2D eigenvalue weighted by Crippen LogP contribution is 2.42. The first-order valence-electron chi connectivity index (χ1n) is 17.4. The molecule has 0 aliphatic heterocycles. The lowest BCUT2D eigenvalue weighted by Gasteiger charge is -2.15. The minimum atomic E-state index is -4.98.